The Bertz CT molecular complexity index is 783. The Hall–Kier alpha value is -2.36. The lowest BCUT2D eigenvalue weighted by molar-refractivity contribution is -0.123. The van der Waals surface area contributed by atoms with Crippen LogP contribution >= 0.6 is 0 Å². The van der Waals surface area contributed by atoms with Gasteiger partial charge < -0.3 is 9.80 Å². The first-order valence-corrected chi connectivity index (χ1v) is 9.05. The fraction of sp³-hybridized carbons (Fsp3) is 0.381. The number of carbonyl (C=O) groups excluding carboxylic acids is 1. The Balaban J connectivity index is 1.46. The van der Waals surface area contributed by atoms with Crippen LogP contribution in [0.4, 0.5) is 15.8 Å². The smallest absolute Gasteiger partial charge is 0.230 e. The number of para-hydroxylation sites is 2. The molecule has 0 spiro atoms. The van der Waals surface area contributed by atoms with Crippen LogP contribution in [0.5, 0.6) is 0 Å². The summed E-state index contributed by atoms with van der Waals surface area (Å²) >= 11 is 0. The summed E-state index contributed by atoms with van der Waals surface area (Å²) < 4.78 is 14.0. The second-order valence-corrected chi connectivity index (χ2v) is 7.10. The minimum absolute atomic E-state index is 0.0247. The SMILES string of the molecule is CC1Cc2ccccc2N1C(=O)C1CCN(c2ccccc2F)CC1. The Morgan fingerprint density at radius 3 is 2.36 bits per heavy atom. The van der Waals surface area contributed by atoms with E-state index in [4.69, 9.17) is 0 Å². The Morgan fingerprint density at radius 1 is 1.00 bits per heavy atom. The van der Waals surface area contributed by atoms with Crippen molar-refractivity contribution in [1.82, 2.24) is 0 Å². The molecular weight excluding hydrogens is 315 g/mol. The molecule has 3 nitrogen and oxygen atoms in total. The van der Waals surface area contributed by atoms with Gasteiger partial charge >= 0.3 is 0 Å². The summed E-state index contributed by atoms with van der Waals surface area (Å²) in [5.41, 5.74) is 2.97. The van der Waals surface area contributed by atoms with E-state index < -0.39 is 0 Å². The molecule has 0 N–H and O–H groups in total. The van der Waals surface area contributed by atoms with Crippen LogP contribution in [0.15, 0.2) is 48.5 Å². The molecule has 2 aliphatic rings. The number of fused-ring (bicyclic) bond motifs is 1. The number of carbonyl (C=O) groups is 1. The van der Waals surface area contributed by atoms with Crippen molar-refractivity contribution < 1.29 is 9.18 Å². The Morgan fingerprint density at radius 2 is 1.64 bits per heavy atom. The Labute approximate surface area is 148 Å². The molecule has 0 aromatic heterocycles. The van der Waals surface area contributed by atoms with Gasteiger partial charge in [-0.1, -0.05) is 30.3 Å². The molecule has 2 heterocycles. The average molecular weight is 338 g/mol. The average Bonchev–Trinajstić information content (AvgIpc) is 2.97. The van der Waals surface area contributed by atoms with Gasteiger partial charge in [-0.3, -0.25) is 4.79 Å². The van der Waals surface area contributed by atoms with Gasteiger partial charge in [0, 0.05) is 30.7 Å². The van der Waals surface area contributed by atoms with E-state index in [0.717, 1.165) is 38.0 Å². The fourth-order valence-corrected chi connectivity index (χ4v) is 4.17. The van der Waals surface area contributed by atoms with E-state index in [1.807, 2.05) is 35.2 Å². The summed E-state index contributed by atoms with van der Waals surface area (Å²) in [5, 5.41) is 0. The second-order valence-electron chi connectivity index (χ2n) is 7.10. The standard InChI is InChI=1S/C21H23FN2O/c1-15-14-17-6-2-4-8-19(17)24(15)21(25)16-10-12-23(13-11-16)20-9-5-3-7-18(20)22/h2-9,15-16H,10-14H2,1H3. The third kappa shape index (κ3) is 2.90. The van der Waals surface area contributed by atoms with E-state index in [1.165, 1.54) is 11.6 Å². The van der Waals surface area contributed by atoms with Gasteiger partial charge in [0.05, 0.1) is 5.69 Å². The van der Waals surface area contributed by atoms with Gasteiger partial charge in [-0.15, -0.1) is 0 Å². The number of hydrogen-bond acceptors (Lipinski definition) is 2. The normalized spacial score (nSPS) is 20.6. The first kappa shape index (κ1) is 16.1. The molecule has 2 aromatic carbocycles. The predicted octanol–water partition coefficient (Wildman–Crippen LogP) is 4.02. The lowest BCUT2D eigenvalue weighted by Crippen LogP contribution is -2.45. The van der Waals surface area contributed by atoms with Crippen LogP contribution in [0.1, 0.15) is 25.3 Å². The number of nitrogens with zero attached hydrogens (tertiary/aromatic N) is 2. The monoisotopic (exact) mass is 338 g/mol. The molecule has 1 saturated heterocycles. The molecule has 1 unspecified atom stereocenters. The molecule has 4 heteroatoms. The molecule has 4 rings (SSSR count). The van der Waals surface area contributed by atoms with Crippen LogP contribution in [0.25, 0.3) is 0 Å². The maximum Gasteiger partial charge on any atom is 0.230 e. The van der Waals surface area contributed by atoms with E-state index in [9.17, 15) is 9.18 Å². The van der Waals surface area contributed by atoms with Gasteiger partial charge in [-0.25, -0.2) is 4.39 Å². The number of piperidine rings is 1. The summed E-state index contributed by atoms with van der Waals surface area (Å²) in [6.45, 7) is 3.56. The molecular formula is C21H23FN2O. The maximum atomic E-state index is 14.0. The van der Waals surface area contributed by atoms with Crippen molar-refractivity contribution in [2.24, 2.45) is 5.92 Å². The molecule has 0 saturated carbocycles. The molecule has 25 heavy (non-hydrogen) atoms. The fourth-order valence-electron chi connectivity index (χ4n) is 4.17. The minimum atomic E-state index is -0.186. The molecule has 1 amide bonds. The summed E-state index contributed by atoms with van der Waals surface area (Å²) in [5.74, 6) is 0.0663. The highest BCUT2D eigenvalue weighted by molar-refractivity contribution is 5.97. The van der Waals surface area contributed by atoms with Crippen molar-refractivity contribution in [3.8, 4) is 0 Å². The number of hydrogen-bond donors (Lipinski definition) is 0. The summed E-state index contributed by atoms with van der Waals surface area (Å²) in [4.78, 5) is 17.2. The molecule has 0 aliphatic carbocycles. The maximum absolute atomic E-state index is 14.0. The lowest BCUT2D eigenvalue weighted by Gasteiger charge is -2.35. The van der Waals surface area contributed by atoms with Crippen LogP contribution in [0.2, 0.25) is 0 Å². The van der Waals surface area contributed by atoms with E-state index in [-0.39, 0.29) is 23.7 Å². The molecule has 130 valence electrons. The van der Waals surface area contributed by atoms with Gasteiger partial charge in [-0.05, 0) is 49.9 Å². The number of benzene rings is 2. The third-order valence-corrected chi connectivity index (χ3v) is 5.48. The number of halogens is 1. The van der Waals surface area contributed by atoms with Crippen LogP contribution in [0.3, 0.4) is 0 Å². The largest absolute Gasteiger partial charge is 0.369 e. The molecule has 0 bridgehead atoms. The van der Waals surface area contributed by atoms with Crippen molar-refractivity contribution >= 4 is 17.3 Å². The van der Waals surface area contributed by atoms with Crippen molar-refractivity contribution in [2.45, 2.75) is 32.2 Å². The van der Waals surface area contributed by atoms with Gasteiger partial charge in [-0.2, -0.15) is 0 Å². The molecule has 0 radical (unpaired) electrons. The zero-order chi connectivity index (χ0) is 17.4. The highest BCUT2D eigenvalue weighted by atomic mass is 19.1. The summed E-state index contributed by atoms with van der Waals surface area (Å²) in [6.07, 6.45) is 2.48. The summed E-state index contributed by atoms with van der Waals surface area (Å²) in [6, 6.07) is 15.3. The van der Waals surface area contributed by atoms with Crippen LogP contribution in [0, 0.1) is 11.7 Å². The highest BCUT2D eigenvalue weighted by Crippen LogP contribution is 2.35. The Kier molecular flexibility index (Phi) is 4.20. The zero-order valence-electron chi connectivity index (χ0n) is 14.5. The topological polar surface area (TPSA) is 23.6 Å². The van der Waals surface area contributed by atoms with Gasteiger partial charge in [0.1, 0.15) is 5.82 Å². The van der Waals surface area contributed by atoms with Gasteiger partial charge in [0.15, 0.2) is 0 Å². The van der Waals surface area contributed by atoms with Crippen LogP contribution < -0.4 is 9.80 Å². The molecule has 1 atom stereocenters. The quantitative estimate of drug-likeness (QED) is 0.826. The van der Waals surface area contributed by atoms with E-state index >= 15 is 0 Å². The first-order valence-electron chi connectivity index (χ1n) is 9.05. The molecule has 2 aliphatic heterocycles. The van der Waals surface area contributed by atoms with Crippen molar-refractivity contribution in [3.05, 3.63) is 59.9 Å². The summed E-state index contributed by atoms with van der Waals surface area (Å²) in [7, 11) is 0. The molecule has 2 aromatic rings. The minimum Gasteiger partial charge on any atom is -0.369 e. The predicted molar refractivity (Wildman–Crippen MR) is 98.4 cm³/mol. The van der Waals surface area contributed by atoms with Crippen LogP contribution in [-0.4, -0.2) is 25.0 Å². The second kappa shape index (κ2) is 6.51. The number of rotatable bonds is 2. The number of amides is 1. The highest BCUT2D eigenvalue weighted by Gasteiger charge is 2.36. The van der Waals surface area contributed by atoms with Crippen LogP contribution in [-0.2, 0) is 11.2 Å². The van der Waals surface area contributed by atoms with Crippen molar-refractivity contribution in [1.29, 1.82) is 0 Å². The van der Waals surface area contributed by atoms with E-state index in [1.54, 1.807) is 6.07 Å². The van der Waals surface area contributed by atoms with E-state index in [2.05, 4.69) is 17.9 Å². The van der Waals surface area contributed by atoms with Crippen molar-refractivity contribution in [2.75, 3.05) is 22.9 Å². The van der Waals surface area contributed by atoms with Gasteiger partial charge in [0.25, 0.3) is 0 Å². The third-order valence-electron chi connectivity index (χ3n) is 5.48. The van der Waals surface area contributed by atoms with E-state index in [0.29, 0.717) is 5.69 Å². The van der Waals surface area contributed by atoms with Gasteiger partial charge in [0.2, 0.25) is 5.91 Å². The molecule has 1 fully saturated rings. The first-order chi connectivity index (χ1) is 12.1. The number of anilines is 2. The lowest BCUT2D eigenvalue weighted by atomic mass is 9.94. The van der Waals surface area contributed by atoms with Crippen molar-refractivity contribution in [3.63, 3.8) is 0 Å². The zero-order valence-corrected chi connectivity index (χ0v) is 14.5.